The monoisotopic (exact) mass is 412 g/mol. The quantitative estimate of drug-likeness (QED) is 0.278. The first-order chi connectivity index (χ1) is 10.3. The van der Waals surface area contributed by atoms with E-state index in [0.29, 0.717) is 0 Å². The maximum absolute atomic E-state index is 12.2. The second-order valence-electron chi connectivity index (χ2n) is 3.96. The standard InChI is InChI=1S/C12H11BrF6O4/c1-22-6(4-9(20)11(14,15)16)3-7(13)8(23-2)5-10(21)12(17,18)19/h4-5,7H,3H2,1-2H3/b6-4+,8-5+. The van der Waals surface area contributed by atoms with Crippen LogP contribution in [0.5, 0.6) is 0 Å². The van der Waals surface area contributed by atoms with Gasteiger partial charge in [-0.15, -0.1) is 0 Å². The van der Waals surface area contributed by atoms with Crippen LogP contribution in [-0.2, 0) is 19.1 Å². The highest BCUT2D eigenvalue weighted by Gasteiger charge is 2.38. The van der Waals surface area contributed by atoms with Gasteiger partial charge in [-0.1, -0.05) is 15.9 Å². The number of halogens is 7. The normalized spacial score (nSPS) is 15.2. The second-order valence-corrected chi connectivity index (χ2v) is 5.07. The van der Waals surface area contributed by atoms with Crippen molar-refractivity contribution < 1.29 is 45.4 Å². The molecule has 0 aliphatic heterocycles. The average Bonchev–Trinajstić information content (AvgIpc) is 2.40. The third-order valence-corrected chi connectivity index (χ3v) is 3.09. The Morgan fingerprint density at radius 2 is 1.39 bits per heavy atom. The van der Waals surface area contributed by atoms with Gasteiger partial charge in [-0.2, -0.15) is 26.3 Å². The molecule has 0 spiro atoms. The summed E-state index contributed by atoms with van der Waals surface area (Å²) in [7, 11) is 1.95. The van der Waals surface area contributed by atoms with E-state index in [1.54, 1.807) is 0 Å². The van der Waals surface area contributed by atoms with Crippen molar-refractivity contribution in [1.29, 1.82) is 0 Å². The van der Waals surface area contributed by atoms with Crippen molar-refractivity contribution in [3.63, 3.8) is 0 Å². The molecule has 0 aliphatic rings. The molecular weight excluding hydrogens is 402 g/mol. The predicted molar refractivity (Wildman–Crippen MR) is 69.6 cm³/mol. The van der Waals surface area contributed by atoms with Crippen molar-refractivity contribution in [2.45, 2.75) is 23.6 Å². The predicted octanol–water partition coefficient (Wildman–Crippen LogP) is 3.46. The Kier molecular flexibility index (Phi) is 7.81. The van der Waals surface area contributed by atoms with Crippen LogP contribution in [0.3, 0.4) is 0 Å². The Labute approximate surface area is 135 Å². The van der Waals surface area contributed by atoms with Gasteiger partial charge in [-0.3, -0.25) is 9.59 Å². The van der Waals surface area contributed by atoms with E-state index in [-0.39, 0.29) is 12.2 Å². The van der Waals surface area contributed by atoms with E-state index in [1.165, 1.54) is 0 Å². The van der Waals surface area contributed by atoms with E-state index in [1.807, 2.05) is 0 Å². The molecule has 0 N–H and O–H groups in total. The molecule has 1 atom stereocenters. The number of alkyl halides is 7. The van der Waals surface area contributed by atoms with E-state index in [9.17, 15) is 35.9 Å². The number of methoxy groups -OCH3 is 2. The van der Waals surface area contributed by atoms with Crippen LogP contribution in [0.15, 0.2) is 23.7 Å². The van der Waals surface area contributed by atoms with Gasteiger partial charge in [-0.05, 0) is 0 Å². The van der Waals surface area contributed by atoms with Crippen LogP contribution < -0.4 is 0 Å². The van der Waals surface area contributed by atoms with Gasteiger partial charge in [0.15, 0.2) is 0 Å². The minimum Gasteiger partial charge on any atom is -0.501 e. The fraction of sp³-hybridized carbons (Fsp3) is 0.500. The Morgan fingerprint density at radius 1 is 0.957 bits per heavy atom. The zero-order chi connectivity index (χ0) is 18.4. The molecule has 0 aromatic rings. The number of ether oxygens (including phenoxy) is 2. The van der Waals surface area contributed by atoms with Gasteiger partial charge < -0.3 is 9.47 Å². The lowest BCUT2D eigenvalue weighted by molar-refractivity contribution is -0.165. The van der Waals surface area contributed by atoms with Crippen molar-refractivity contribution in [2.75, 3.05) is 14.2 Å². The van der Waals surface area contributed by atoms with Gasteiger partial charge in [0.25, 0.3) is 11.6 Å². The van der Waals surface area contributed by atoms with E-state index in [4.69, 9.17) is 0 Å². The van der Waals surface area contributed by atoms with Gasteiger partial charge in [-0.25, -0.2) is 0 Å². The summed E-state index contributed by atoms with van der Waals surface area (Å²) in [5.41, 5.74) is 0. The molecule has 0 fully saturated rings. The summed E-state index contributed by atoms with van der Waals surface area (Å²) in [6.45, 7) is 0. The van der Waals surface area contributed by atoms with E-state index < -0.39 is 46.7 Å². The van der Waals surface area contributed by atoms with E-state index >= 15 is 0 Å². The van der Waals surface area contributed by atoms with Gasteiger partial charge in [0, 0.05) is 18.6 Å². The van der Waals surface area contributed by atoms with Crippen molar-refractivity contribution in [1.82, 2.24) is 0 Å². The molecule has 0 bridgehead atoms. The number of carbonyl (C=O) groups is 2. The Hall–Kier alpha value is -1.52. The molecule has 0 aromatic carbocycles. The highest BCUT2D eigenvalue weighted by molar-refractivity contribution is 9.09. The summed E-state index contributed by atoms with van der Waals surface area (Å²) >= 11 is 2.86. The first kappa shape index (κ1) is 21.5. The van der Waals surface area contributed by atoms with Crippen LogP contribution in [0.1, 0.15) is 6.42 Å². The zero-order valence-corrected chi connectivity index (χ0v) is 13.3. The number of rotatable bonds is 7. The maximum Gasteiger partial charge on any atom is 0.454 e. The summed E-state index contributed by atoms with van der Waals surface area (Å²) in [6.07, 6.45) is -10.4. The topological polar surface area (TPSA) is 52.6 Å². The SMILES string of the molecule is CO/C(=C/C(=O)C(F)(F)F)CC(Br)/C(=C\C(=O)C(F)(F)F)OC. The van der Waals surface area contributed by atoms with Crippen molar-refractivity contribution in [3.05, 3.63) is 23.7 Å². The third kappa shape index (κ3) is 7.53. The van der Waals surface area contributed by atoms with Gasteiger partial charge in [0.05, 0.1) is 19.0 Å². The van der Waals surface area contributed by atoms with E-state index in [0.717, 1.165) is 14.2 Å². The Bertz CT molecular complexity index is 507. The molecule has 11 heteroatoms. The van der Waals surface area contributed by atoms with E-state index in [2.05, 4.69) is 25.4 Å². The molecule has 0 radical (unpaired) electrons. The number of ketones is 2. The van der Waals surface area contributed by atoms with Crippen LogP contribution >= 0.6 is 15.9 Å². The second kappa shape index (κ2) is 8.37. The first-order valence-corrected chi connectivity index (χ1v) is 6.61. The molecule has 0 amide bonds. The van der Waals surface area contributed by atoms with Crippen molar-refractivity contribution >= 4 is 27.5 Å². The lowest BCUT2D eigenvalue weighted by Gasteiger charge is -2.15. The minimum absolute atomic E-state index is 0.151. The number of allylic oxidation sites excluding steroid dienone is 4. The molecule has 132 valence electrons. The Morgan fingerprint density at radius 3 is 1.74 bits per heavy atom. The lowest BCUT2D eigenvalue weighted by atomic mass is 10.1. The fourth-order valence-corrected chi connectivity index (χ4v) is 1.83. The largest absolute Gasteiger partial charge is 0.501 e. The van der Waals surface area contributed by atoms with Crippen LogP contribution in [0.2, 0.25) is 0 Å². The maximum atomic E-state index is 12.2. The number of carbonyl (C=O) groups excluding carboxylic acids is 2. The highest BCUT2D eigenvalue weighted by Crippen LogP contribution is 2.26. The molecular formula is C12H11BrF6O4. The third-order valence-electron chi connectivity index (χ3n) is 2.31. The Balaban J connectivity index is 5.23. The van der Waals surface area contributed by atoms with Crippen LogP contribution in [0.4, 0.5) is 26.3 Å². The molecule has 0 rings (SSSR count). The summed E-state index contributed by atoms with van der Waals surface area (Å²) in [5, 5.41) is 0. The summed E-state index contributed by atoms with van der Waals surface area (Å²) in [6, 6.07) is 0. The highest BCUT2D eigenvalue weighted by atomic mass is 79.9. The van der Waals surface area contributed by atoms with Crippen molar-refractivity contribution in [2.24, 2.45) is 0 Å². The molecule has 0 saturated carbocycles. The molecule has 23 heavy (non-hydrogen) atoms. The molecule has 0 aliphatic carbocycles. The summed E-state index contributed by atoms with van der Waals surface area (Å²) in [5.74, 6) is -5.34. The average molecular weight is 413 g/mol. The van der Waals surface area contributed by atoms with Crippen LogP contribution in [0, 0.1) is 0 Å². The molecule has 0 aromatic heterocycles. The number of hydrogen-bond acceptors (Lipinski definition) is 4. The molecule has 0 saturated heterocycles. The first-order valence-electron chi connectivity index (χ1n) is 5.69. The molecule has 1 unspecified atom stereocenters. The zero-order valence-electron chi connectivity index (χ0n) is 11.7. The van der Waals surface area contributed by atoms with Gasteiger partial charge in [0.1, 0.15) is 11.5 Å². The smallest absolute Gasteiger partial charge is 0.454 e. The van der Waals surface area contributed by atoms with Crippen LogP contribution in [-0.4, -0.2) is 43.0 Å². The molecule has 0 heterocycles. The van der Waals surface area contributed by atoms with Crippen LogP contribution in [0.25, 0.3) is 0 Å². The van der Waals surface area contributed by atoms with Gasteiger partial charge >= 0.3 is 12.4 Å². The molecule has 4 nitrogen and oxygen atoms in total. The van der Waals surface area contributed by atoms with Gasteiger partial charge in [0.2, 0.25) is 0 Å². The van der Waals surface area contributed by atoms with Crippen molar-refractivity contribution in [3.8, 4) is 0 Å². The lowest BCUT2D eigenvalue weighted by Crippen LogP contribution is -2.23. The fourth-order valence-electron chi connectivity index (χ4n) is 1.19. The minimum atomic E-state index is -5.12. The number of hydrogen-bond donors (Lipinski definition) is 0. The summed E-state index contributed by atoms with van der Waals surface area (Å²) < 4.78 is 82.1. The summed E-state index contributed by atoms with van der Waals surface area (Å²) in [4.78, 5) is 20.6.